The van der Waals surface area contributed by atoms with Crippen LogP contribution < -0.4 is 0 Å². The number of benzene rings is 2. The van der Waals surface area contributed by atoms with E-state index in [2.05, 4.69) is 6.07 Å². The molecule has 2 aromatic carbocycles. The lowest BCUT2D eigenvalue weighted by Crippen LogP contribution is -2.55. The maximum Gasteiger partial charge on any atom is 0.113 e. The number of fused-ring (bicyclic) bond motifs is 1. The summed E-state index contributed by atoms with van der Waals surface area (Å²) >= 11 is 0. The molecule has 1 heterocycles. The topological polar surface area (TPSA) is 90.2 Å². The van der Waals surface area contributed by atoms with Crippen LogP contribution in [0.2, 0.25) is 0 Å². The van der Waals surface area contributed by atoms with Crippen LogP contribution in [-0.4, -0.2) is 67.1 Å². The third kappa shape index (κ3) is 3.45. The summed E-state index contributed by atoms with van der Waals surface area (Å²) in [6.45, 7) is 1.43. The van der Waals surface area contributed by atoms with Crippen LogP contribution in [0, 0.1) is 6.92 Å². The number of hydrogen-bond acceptors (Lipinski definition) is 5. The number of aliphatic hydroxyl groups is 4. The monoisotopic (exact) mass is 390 g/mol. The molecule has 1 aliphatic heterocycles. The second kappa shape index (κ2) is 7.56. The predicted molar refractivity (Wildman–Crippen MR) is 110 cm³/mol. The lowest BCUT2D eigenvalue weighted by atomic mass is 9.47. The minimum atomic E-state index is -1.44. The molecule has 2 aliphatic rings. The summed E-state index contributed by atoms with van der Waals surface area (Å²) in [4.78, 5) is 0. The fourth-order valence-corrected chi connectivity index (χ4v) is 4.25. The van der Waals surface area contributed by atoms with Crippen molar-refractivity contribution in [2.45, 2.75) is 55.5 Å². The molecule has 5 nitrogen and oxygen atoms in total. The molecular weight excluding hydrogens is 366 g/mol. The maximum absolute atomic E-state index is 10.5. The SMILES string of the molecule is [B]C([B])(c1ccc2c(c1)CC2)c1cc([C@@H]2O[C@H](CO)[C@@H](O)[C@H](O)[C@H]2O)ccc1C. The third-order valence-electron chi connectivity index (χ3n) is 6.28. The second-order valence-electron chi connectivity index (χ2n) is 8.18. The lowest BCUT2D eigenvalue weighted by Gasteiger charge is -2.41. The summed E-state index contributed by atoms with van der Waals surface area (Å²) in [7, 11) is 13.2. The standard InChI is InChI=1S/C22H24B2O5/c1-11-2-3-14(21-20(28)19(27)18(26)17(10-25)29-21)9-16(11)22(23,24)15-7-6-12-4-5-13(12)8-15/h2-3,6-9,17-21,25-28H,4-5,10H2,1H3/t17-,18-,19+,20-,21+/m1/s1. The average molecular weight is 390 g/mol. The molecule has 5 atom stereocenters. The molecule has 29 heavy (non-hydrogen) atoms. The highest BCUT2D eigenvalue weighted by molar-refractivity contribution is 6.42. The van der Waals surface area contributed by atoms with Gasteiger partial charge in [-0.3, -0.25) is 0 Å². The summed E-state index contributed by atoms with van der Waals surface area (Å²) in [5.41, 5.74) is 5.48. The molecule has 0 spiro atoms. The van der Waals surface area contributed by atoms with Gasteiger partial charge in [-0.15, -0.1) is 0 Å². The van der Waals surface area contributed by atoms with Gasteiger partial charge in [0.1, 0.15) is 30.5 Å². The van der Waals surface area contributed by atoms with E-state index < -0.39 is 42.3 Å². The molecule has 2 aromatic rings. The molecule has 1 fully saturated rings. The smallest absolute Gasteiger partial charge is 0.113 e. The van der Waals surface area contributed by atoms with Gasteiger partial charge >= 0.3 is 0 Å². The Morgan fingerprint density at radius 1 is 0.966 bits per heavy atom. The Morgan fingerprint density at radius 3 is 2.31 bits per heavy atom. The van der Waals surface area contributed by atoms with Gasteiger partial charge in [-0.2, -0.15) is 0 Å². The zero-order valence-electron chi connectivity index (χ0n) is 16.3. The van der Waals surface area contributed by atoms with E-state index in [1.807, 2.05) is 25.1 Å². The lowest BCUT2D eigenvalue weighted by molar-refractivity contribution is -0.231. The number of aryl methyl sites for hydroxylation is 3. The Morgan fingerprint density at radius 2 is 1.69 bits per heavy atom. The van der Waals surface area contributed by atoms with E-state index in [0.717, 1.165) is 24.0 Å². The van der Waals surface area contributed by atoms with Gasteiger partial charge in [-0.05, 0) is 42.0 Å². The summed E-state index contributed by atoms with van der Waals surface area (Å²) in [5.74, 6) is 0. The van der Waals surface area contributed by atoms with Gasteiger partial charge in [0.15, 0.2) is 0 Å². The zero-order valence-corrected chi connectivity index (χ0v) is 16.3. The summed E-state index contributed by atoms with van der Waals surface area (Å²) in [5, 5.41) is 38.8. The predicted octanol–water partition coefficient (Wildman–Crippen LogP) is 0.147. The Balaban J connectivity index is 1.71. The van der Waals surface area contributed by atoms with E-state index in [9.17, 15) is 20.4 Å². The van der Waals surface area contributed by atoms with Gasteiger partial charge in [-0.25, -0.2) is 0 Å². The van der Waals surface area contributed by atoms with Gasteiger partial charge in [0, 0.05) is 0 Å². The summed E-state index contributed by atoms with van der Waals surface area (Å²) in [6.07, 6.45) is -4.02. The summed E-state index contributed by atoms with van der Waals surface area (Å²) in [6, 6.07) is 11.4. The van der Waals surface area contributed by atoms with E-state index >= 15 is 0 Å². The molecule has 4 N–H and O–H groups in total. The van der Waals surface area contributed by atoms with Crippen LogP contribution in [0.3, 0.4) is 0 Å². The maximum atomic E-state index is 10.5. The van der Waals surface area contributed by atoms with Crippen molar-refractivity contribution in [3.63, 3.8) is 0 Å². The molecule has 0 unspecified atom stereocenters. The van der Waals surface area contributed by atoms with E-state index in [4.69, 9.17) is 20.4 Å². The Labute approximate surface area is 173 Å². The largest absolute Gasteiger partial charge is 0.394 e. The number of rotatable bonds is 4. The first kappa shape index (κ1) is 20.6. The normalized spacial score (nSPS) is 29.2. The molecule has 0 bridgehead atoms. The number of ether oxygens (including phenoxy) is 1. The van der Waals surface area contributed by atoms with Crippen molar-refractivity contribution in [2.75, 3.05) is 6.61 Å². The van der Waals surface area contributed by atoms with Crippen LogP contribution in [0.15, 0.2) is 36.4 Å². The Bertz CT molecular complexity index is 914. The van der Waals surface area contributed by atoms with Gasteiger partial charge in [-0.1, -0.05) is 52.7 Å². The number of hydrogen-bond donors (Lipinski definition) is 4. The Kier molecular flexibility index (Phi) is 5.38. The van der Waals surface area contributed by atoms with E-state index in [1.54, 1.807) is 12.1 Å². The van der Waals surface area contributed by atoms with Crippen molar-refractivity contribution in [2.24, 2.45) is 0 Å². The molecule has 148 valence electrons. The van der Waals surface area contributed by atoms with Crippen molar-refractivity contribution in [3.05, 3.63) is 69.8 Å². The first-order chi connectivity index (χ1) is 13.7. The van der Waals surface area contributed by atoms with Crippen molar-refractivity contribution in [3.8, 4) is 0 Å². The molecule has 0 aromatic heterocycles. The van der Waals surface area contributed by atoms with Crippen molar-refractivity contribution in [1.29, 1.82) is 0 Å². The molecule has 0 saturated carbocycles. The van der Waals surface area contributed by atoms with E-state index in [0.29, 0.717) is 11.1 Å². The highest BCUT2D eigenvalue weighted by atomic mass is 16.5. The van der Waals surface area contributed by atoms with Crippen molar-refractivity contribution < 1.29 is 25.2 Å². The van der Waals surface area contributed by atoms with Gasteiger partial charge < -0.3 is 25.2 Å². The number of aliphatic hydroxyl groups excluding tert-OH is 4. The van der Waals surface area contributed by atoms with Crippen molar-refractivity contribution in [1.82, 2.24) is 0 Å². The van der Waals surface area contributed by atoms with Crippen LogP contribution in [0.4, 0.5) is 0 Å². The van der Waals surface area contributed by atoms with Gasteiger partial charge in [0.05, 0.1) is 22.3 Å². The fraction of sp³-hybridized carbons (Fsp3) is 0.455. The second-order valence-corrected chi connectivity index (χ2v) is 8.18. The van der Waals surface area contributed by atoms with Crippen LogP contribution in [0.1, 0.15) is 39.5 Å². The van der Waals surface area contributed by atoms with Crippen LogP contribution in [-0.2, 0) is 22.8 Å². The van der Waals surface area contributed by atoms with Crippen molar-refractivity contribution >= 4 is 15.7 Å². The molecule has 1 saturated heterocycles. The molecule has 4 rings (SSSR count). The minimum absolute atomic E-state index is 0.479. The Hall–Kier alpha value is -1.63. The molecule has 4 radical (unpaired) electrons. The van der Waals surface area contributed by atoms with Crippen LogP contribution in [0.25, 0.3) is 0 Å². The zero-order chi connectivity index (χ0) is 20.9. The third-order valence-corrected chi connectivity index (χ3v) is 6.28. The molecule has 0 amide bonds. The molecular formula is C22H24B2O5. The summed E-state index contributed by atoms with van der Waals surface area (Å²) < 4.78 is 5.68. The minimum Gasteiger partial charge on any atom is -0.394 e. The first-order valence-corrected chi connectivity index (χ1v) is 9.85. The van der Waals surface area contributed by atoms with E-state index in [-0.39, 0.29) is 0 Å². The average Bonchev–Trinajstić information content (AvgIpc) is 2.68. The highest BCUT2D eigenvalue weighted by Crippen LogP contribution is 2.37. The van der Waals surface area contributed by atoms with Crippen LogP contribution in [0.5, 0.6) is 0 Å². The molecule has 7 heteroatoms. The van der Waals surface area contributed by atoms with E-state index in [1.165, 1.54) is 11.1 Å². The van der Waals surface area contributed by atoms with Gasteiger partial charge in [0.2, 0.25) is 0 Å². The first-order valence-electron chi connectivity index (χ1n) is 9.85. The van der Waals surface area contributed by atoms with Crippen LogP contribution >= 0.6 is 0 Å². The van der Waals surface area contributed by atoms with Gasteiger partial charge in [0.25, 0.3) is 0 Å². The highest BCUT2D eigenvalue weighted by Gasteiger charge is 2.44. The fourth-order valence-electron chi connectivity index (χ4n) is 4.25. The molecule has 1 aliphatic carbocycles. The quantitative estimate of drug-likeness (QED) is 0.559.